The Morgan fingerprint density at radius 3 is 2.43 bits per heavy atom. The molecule has 4 heteroatoms. The highest BCUT2D eigenvalue weighted by atomic mass is 16.5. The van der Waals surface area contributed by atoms with E-state index in [1.165, 1.54) is 0 Å². The van der Waals surface area contributed by atoms with Gasteiger partial charge in [-0.2, -0.15) is 0 Å². The van der Waals surface area contributed by atoms with E-state index in [2.05, 4.69) is 15.3 Å². The molecule has 0 saturated carbocycles. The molecule has 4 nitrogen and oxygen atoms in total. The van der Waals surface area contributed by atoms with Crippen molar-refractivity contribution in [3.8, 4) is 0 Å². The summed E-state index contributed by atoms with van der Waals surface area (Å²) in [7, 11) is 3.51. The lowest BCUT2D eigenvalue weighted by Crippen LogP contribution is -2.08. The van der Waals surface area contributed by atoms with Crippen LogP contribution >= 0.6 is 0 Å². The number of anilines is 1. The molecule has 1 unspecified atom stereocenters. The molecule has 0 radical (unpaired) electrons. The summed E-state index contributed by atoms with van der Waals surface area (Å²) < 4.78 is 5.18. The van der Waals surface area contributed by atoms with E-state index < -0.39 is 0 Å². The number of aryl methyl sites for hydroxylation is 1. The van der Waals surface area contributed by atoms with Crippen molar-refractivity contribution in [3.05, 3.63) is 17.1 Å². The molecule has 0 saturated heterocycles. The first-order valence-electron chi connectivity index (χ1n) is 4.65. The fourth-order valence-corrected chi connectivity index (χ4v) is 1.18. The predicted octanol–water partition coefficient (Wildman–Crippen LogP) is 1.84. The predicted molar refractivity (Wildman–Crippen MR) is 56.5 cm³/mol. The number of hydrogen-bond acceptors (Lipinski definition) is 4. The van der Waals surface area contributed by atoms with Crippen LogP contribution < -0.4 is 5.32 Å². The Morgan fingerprint density at radius 1 is 1.29 bits per heavy atom. The standard InChI is InChI=1S/C10H17N3O/c1-6-7(2)12-10(8(3)14-5)13-9(6)11-4/h8H,1-5H3,(H,11,12,13). The minimum Gasteiger partial charge on any atom is -0.374 e. The van der Waals surface area contributed by atoms with Crippen LogP contribution in [0.3, 0.4) is 0 Å². The van der Waals surface area contributed by atoms with E-state index >= 15 is 0 Å². The Bertz CT molecular complexity index is 325. The van der Waals surface area contributed by atoms with Crippen LogP contribution in [0.5, 0.6) is 0 Å². The number of aromatic nitrogens is 2. The number of rotatable bonds is 3. The summed E-state index contributed by atoms with van der Waals surface area (Å²) in [6, 6.07) is 0. The molecule has 0 amide bonds. The van der Waals surface area contributed by atoms with Gasteiger partial charge in [-0.1, -0.05) is 0 Å². The zero-order valence-electron chi connectivity index (χ0n) is 9.38. The Kier molecular flexibility index (Phi) is 3.41. The largest absolute Gasteiger partial charge is 0.374 e. The SMILES string of the molecule is CNc1nc(C(C)OC)nc(C)c1C. The fourth-order valence-electron chi connectivity index (χ4n) is 1.18. The van der Waals surface area contributed by atoms with Crippen LogP contribution in [-0.4, -0.2) is 24.1 Å². The lowest BCUT2D eigenvalue weighted by Gasteiger charge is -2.13. The van der Waals surface area contributed by atoms with Crippen molar-refractivity contribution in [2.45, 2.75) is 26.9 Å². The Balaban J connectivity index is 3.16. The highest BCUT2D eigenvalue weighted by Gasteiger charge is 2.11. The number of nitrogens with one attached hydrogen (secondary N) is 1. The smallest absolute Gasteiger partial charge is 0.159 e. The molecule has 0 fully saturated rings. The van der Waals surface area contributed by atoms with Crippen molar-refractivity contribution in [1.29, 1.82) is 0 Å². The Morgan fingerprint density at radius 2 is 1.93 bits per heavy atom. The molecule has 0 aliphatic carbocycles. The molecule has 1 heterocycles. The summed E-state index contributed by atoms with van der Waals surface area (Å²) in [5, 5.41) is 3.05. The second-order valence-electron chi connectivity index (χ2n) is 3.27. The quantitative estimate of drug-likeness (QED) is 0.799. The van der Waals surface area contributed by atoms with Gasteiger partial charge in [-0.3, -0.25) is 0 Å². The highest BCUT2D eigenvalue weighted by Crippen LogP contribution is 2.18. The zero-order valence-corrected chi connectivity index (χ0v) is 9.38. The number of hydrogen-bond donors (Lipinski definition) is 1. The molecule has 1 aromatic heterocycles. The number of methoxy groups -OCH3 is 1. The van der Waals surface area contributed by atoms with Crippen LogP contribution in [0.15, 0.2) is 0 Å². The first kappa shape index (κ1) is 10.9. The van der Waals surface area contributed by atoms with E-state index in [-0.39, 0.29) is 6.10 Å². The minimum absolute atomic E-state index is 0.0681. The van der Waals surface area contributed by atoms with Gasteiger partial charge in [0.2, 0.25) is 0 Å². The second-order valence-corrected chi connectivity index (χ2v) is 3.27. The third-order valence-corrected chi connectivity index (χ3v) is 2.36. The highest BCUT2D eigenvalue weighted by molar-refractivity contribution is 5.44. The first-order valence-corrected chi connectivity index (χ1v) is 4.65. The van der Waals surface area contributed by atoms with Gasteiger partial charge in [-0.15, -0.1) is 0 Å². The van der Waals surface area contributed by atoms with Gasteiger partial charge in [-0.25, -0.2) is 9.97 Å². The van der Waals surface area contributed by atoms with Gasteiger partial charge in [0.05, 0.1) is 0 Å². The first-order chi connectivity index (χ1) is 6.60. The summed E-state index contributed by atoms with van der Waals surface area (Å²) >= 11 is 0. The molecule has 14 heavy (non-hydrogen) atoms. The van der Waals surface area contributed by atoms with Crippen molar-refractivity contribution >= 4 is 5.82 Å². The summed E-state index contributed by atoms with van der Waals surface area (Å²) in [5.41, 5.74) is 2.07. The lowest BCUT2D eigenvalue weighted by molar-refractivity contribution is 0.112. The second kappa shape index (κ2) is 4.37. The van der Waals surface area contributed by atoms with Crippen LogP contribution in [0, 0.1) is 13.8 Å². The van der Waals surface area contributed by atoms with Gasteiger partial charge in [0.15, 0.2) is 5.82 Å². The van der Waals surface area contributed by atoms with Crippen LogP contribution in [0.25, 0.3) is 0 Å². The van der Waals surface area contributed by atoms with E-state index in [0.29, 0.717) is 0 Å². The molecule has 0 aliphatic heterocycles. The van der Waals surface area contributed by atoms with Crippen LogP contribution in [0.4, 0.5) is 5.82 Å². The fraction of sp³-hybridized carbons (Fsp3) is 0.600. The minimum atomic E-state index is -0.0681. The van der Waals surface area contributed by atoms with Crippen LogP contribution in [0.1, 0.15) is 30.1 Å². The Labute approximate surface area is 84.7 Å². The maximum absolute atomic E-state index is 5.18. The molecular formula is C10H17N3O. The molecular weight excluding hydrogens is 178 g/mol. The van der Waals surface area contributed by atoms with E-state index in [1.54, 1.807) is 7.11 Å². The van der Waals surface area contributed by atoms with E-state index in [1.807, 2.05) is 27.8 Å². The van der Waals surface area contributed by atoms with E-state index in [0.717, 1.165) is 22.9 Å². The third-order valence-electron chi connectivity index (χ3n) is 2.36. The van der Waals surface area contributed by atoms with Gasteiger partial charge in [0.1, 0.15) is 11.9 Å². The number of ether oxygens (including phenoxy) is 1. The lowest BCUT2D eigenvalue weighted by atomic mass is 10.2. The monoisotopic (exact) mass is 195 g/mol. The summed E-state index contributed by atoms with van der Waals surface area (Å²) in [6.45, 7) is 5.91. The molecule has 0 aliphatic rings. The topological polar surface area (TPSA) is 47.0 Å². The molecule has 0 aromatic carbocycles. The summed E-state index contributed by atoms with van der Waals surface area (Å²) in [5.74, 6) is 1.59. The summed E-state index contributed by atoms with van der Waals surface area (Å²) in [6.07, 6.45) is -0.0681. The van der Waals surface area contributed by atoms with Crippen molar-refractivity contribution in [3.63, 3.8) is 0 Å². The van der Waals surface area contributed by atoms with E-state index in [9.17, 15) is 0 Å². The zero-order chi connectivity index (χ0) is 10.7. The third kappa shape index (κ3) is 2.01. The number of nitrogens with zero attached hydrogens (tertiary/aromatic N) is 2. The molecule has 1 aromatic rings. The molecule has 1 atom stereocenters. The normalized spacial score (nSPS) is 12.6. The molecule has 1 N–H and O–H groups in total. The van der Waals surface area contributed by atoms with Gasteiger partial charge in [-0.05, 0) is 20.8 Å². The molecule has 0 spiro atoms. The van der Waals surface area contributed by atoms with Crippen LogP contribution in [0.2, 0.25) is 0 Å². The maximum atomic E-state index is 5.18. The van der Waals surface area contributed by atoms with Crippen molar-refractivity contribution in [2.24, 2.45) is 0 Å². The Hall–Kier alpha value is -1.16. The molecule has 78 valence electrons. The van der Waals surface area contributed by atoms with Gasteiger partial charge >= 0.3 is 0 Å². The molecule has 0 bridgehead atoms. The van der Waals surface area contributed by atoms with Gasteiger partial charge < -0.3 is 10.1 Å². The summed E-state index contributed by atoms with van der Waals surface area (Å²) in [4.78, 5) is 8.75. The van der Waals surface area contributed by atoms with Crippen molar-refractivity contribution in [2.75, 3.05) is 19.5 Å². The maximum Gasteiger partial charge on any atom is 0.159 e. The average molecular weight is 195 g/mol. The van der Waals surface area contributed by atoms with Gasteiger partial charge in [0.25, 0.3) is 0 Å². The molecule has 1 rings (SSSR count). The van der Waals surface area contributed by atoms with Crippen molar-refractivity contribution < 1.29 is 4.74 Å². The average Bonchev–Trinajstić information content (AvgIpc) is 2.20. The van der Waals surface area contributed by atoms with Crippen molar-refractivity contribution in [1.82, 2.24) is 9.97 Å². The van der Waals surface area contributed by atoms with Gasteiger partial charge in [0, 0.05) is 25.4 Å². The van der Waals surface area contributed by atoms with E-state index in [4.69, 9.17) is 4.74 Å². The van der Waals surface area contributed by atoms with Crippen LogP contribution in [-0.2, 0) is 4.74 Å².